The standard InChI is InChI=1S/C33H25BBrN3O4/c1-3-15-37-31(39)29(42-33(37)36-30-25(32(40)41-2)18-21(34)19-26(30)35)17-20-13-14-28-24(16-20)23-11-7-8-12-27(23)38(28)22-9-5-4-6-10-22/h3-14,16-19H,1,15,34H2,2H3/b29-17+,36-33-. The van der Waals surface area contributed by atoms with Crippen molar-refractivity contribution >= 4 is 80.7 Å². The van der Waals surface area contributed by atoms with E-state index in [1.807, 2.05) is 50.3 Å². The molecule has 206 valence electrons. The number of nitrogens with zero attached hydrogens (tertiary/aromatic N) is 3. The van der Waals surface area contributed by atoms with Crippen molar-refractivity contribution in [3.05, 3.63) is 119 Å². The van der Waals surface area contributed by atoms with E-state index in [1.54, 1.807) is 18.2 Å². The van der Waals surface area contributed by atoms with Crippen LogP contribution in [0.2, 0.25) is 0 Å². The van der Waals surface area contributed by atoms with Gasteiger partial charge in [0.05, 0.1) is 29.4 Å². The van der Waals surface area contributed by atoms with Gasteiger partial charge in [0.1, 0.15) is 7.85 Å². The van der Waals surface area contributed by atoms with Gasteiger partial charge in [0.2, 0.25) is 0 Å². The minimum Gasteiger partial charge on any atom is -0.465 e. The fourth-order valence-corrected chi connectivity index (χ4v) is 5.84. The lowest BCUT2D eigenvalue weighted by molar-refractivity contribution is -0.122. The number of para-hydroxylation sites is 2. The molecule has 0 bridgehead atoms. The zero-order valence-corrected chi connectivity index (χ0v) is 24.6. The third-order valence-electron chi connectivity index (χ3n) is 7.03. The van der Waals surface area contributed by atoms with E-state index >= 15 is 0 Å². The first-order chi connectivity index (χ1) is 20.4. The highest BCUT2D eigenvalue weighted by Crippen LogP contribution is 2.34. The summed E-state index contributed by atoms with van der Waals surface area (Å²) in [5.41, 5.74) is 5.42. The number of aliphatic imine (C=N–C) groups is 1. The first-order valence-electron chi connectivity index (χ1n) is 13.3. The van der Waals surface area contributed by atoms with Crippen LogP contribution in [0.1, 0.15) is 15.9 Å². The summed E-state index contributed by atoms with van der Waals surface area (Å²) >= 11 is 3.50. The number of methoxy groups -OCH3 is 1. The number of ether oxygens (including phenoxy) is 2. The molecule has 1 saturated heterocycles. The Bertz CT molecular complexity index is 1960. The number of carbonyl (C=O) groups is 2. The van der Waals surface area contributed by atoms with Gasteiger partial charge in [-0.1, -0.05) is 66.1 Å². The molecule has 0 unspecified atom stereocenters. The van der Waals surface area contributed by atoms with Crippen LogP contribution in [-0.2, 0) is 14.3 Å². The maximum atomic E-state index is 13.5. The van der Waals surface area contributed by atoms with Gasteiger partial charge >= 0.3 is 12.0 Å². The minimum absolute atomic E-state index is 0.0441. The average Bonchev–Trinajstić information content (AvgIpc) is 3.48. The van der Waals surface area contributed by atoms with E-state index in [4.69, 9.17) is 9.47 Å². The lowest BCUT2D eigenvalue weighted by Crippen LogP contribution is -2.29. The SMILES string of the molecule is Bc1cc(Br)c(/N=C2\O/C(=C/c3ccc4c(c3)c3ccccc3n4-c3ccccc3)C(=O)N2CC=C)c(C(=O)OC)c1. The summed E-state index contributed by atoms with van der Waals surface area (Å²) in [5, 5.41) is 2.16. The zero-order valence-electron chi connectivity index (χ0n) is 23.0. The summed E-state index contributed by atoms with van der Waals surface area (Å²) in [7, 11) is 3.17. The van der Waals surface area contributed by atoms with Crippen molar-refractivity contribution in [2.24, 2.45) is 4.99 Å². The van der Waals surface area contributed by atoms with Crippen LogP contribution >= 0.6 is 15.9 Å². The molecule has 7 nitrogen and oxygen atoms in total. The van der Waals surface area contributed by atoms with Crippen LogP contribution in [0.15, 0.2) is 113 Å². The Balaban J connectivity index is 1.44. The van der Waals surface area contributed by atoms with Crippen LogP contribution in [-0.4, -0.2) is 48.9 Å². The second kappa shape index (κ2) is 11.2. The maximum absolute atomic E-state index is 13.5. The lowest BCUT2D eigenvalue weighted by atomic mass is 9.93. The van der Waals surface area contributed by atoms with Crippen LogP contribution in [0, 0.1) is 0 Å². The van der Waals surface area contributed by atoms with Crippen LogP contribution in [0.4, 0.5) is 5.69 Å². The highest BCUT2D eigenvalue weighted by atomic mass is 79.9. The third kappa shape index (κ3) is 4.82. The summed E-state index contributed by atoms with van der Waals surface area (Å²) in [6.45, 7) is 3.95. The number of amidine groups is 1. The molecule has 6 rings (SSSR count). The molecular formula is C33H25BBrN3O4. The van der Waals surface area contributed by atoms with Crippen molar-refractivity contribution in [2.45, 2.75) is 0 Å². The number of amides is 1. The first kappa shape index (κ1) is 27.3. The molecule has 0 atom stereocenters. The number of esters is 1. The van der Waals surface area contributed by atoms with Crippen molar-refractivity contribution in [3.8, 4) is 5.69 Å². The highest BCUT2D eigenvalue weighted by molar-refractivity contribution is 9.10. The van der Waals surface area contributed by atoms with Gasteiger partial charge in [-0.3, -0.25) is 9.69 Å². The Kier molecular flexibility index (Phi) is 7.26. The molecule has 1 aliphatic heterocycles. The minimum atomic E-state index is -0.544. The summed E-state index contributed by atoms with van der Waals surface area (Å²) in [6, 6.07) is 28.1. The number of aromatic nitrogens is 1. The van der Waals surface area contributed by atoms with Gasteiger partial charge in [-0.15, -0.1) is 6.58 Å². The van der Waals surface area contributed by atoms with E-state index in [1.165, 1.54) is 12.0 Å². The van der Waals surface area contributed by atoms with Gasteiger partial charge in [0.25, 0.3) is 5.91 Å². The van der Waals surface area contributed by atoms with Gasteiger partial charge in [0, 0.05) is 27.5 Å². The summed E-state index contributed by atoms with van der Waals surface area (Å²) in [4.78, 5) is 32.0. The van der Waals surface area contributed by atoms with E-state index in [0.717, 1.165) is 38.5 Å². The smallest absolute Gasteiger partial charge is 0.340 e. The molecule has 5 aromatic rings. The number of benzene rings is 4. The lowest BCUT2D eigenvalue weighted by Gasteiger charge is -2.12. The fourth-order valence-electron chi connectivity index (χ4n) is 5.18. The molecule has 42 heavy (non-hydrogen) atoms. The van der Waals surface area contributed by atoms with E-state index in [9.17, 15) is 9.59 Å². The Hall–Kier alpha value is -4.89. The molecular weight excluding hydrogens is 593 g/mol. The van der Waals surface area contributed by atoms with Crippen molar-refractivity contribution in [1.29, 1.82) is 0 Å². The van der Waals surface area contributed by atoms with E-state index in [2.05, 4.69) is 68.5 Å². The van der Waals surface area contributed by atoms with E-state index in [-0.39, 0.29) is 29.8 Å². The predicted octanol–water partition coefficient (Wildman–Crippen LogP) is 5.66. The van der Waals surface area contributed by atoms with Crippen LogP contribution in [0.5, 0.6) is 0 Å². The predicted molar refractivity (Wildman–Crippen MR) is 173 cm³/mol. The summed E-state index contributed by atoms with van der Waals surface area (Å²) in [5.74, 6) is -0.787. The molecule has 1 fully saturated rings. The highest BCUT2D eigenvalue weighted by Gasteiger charge is 2.35. The molecule has 0 aliphatic carbocycles. The normalized spacial score (nSPS) is 15.1. The Morgan fingerprint density at radius 3 is 2.52 bits per heavy atom. The Morgan fingerprint density at radius 2 is 1.76 bits per heavy atom. The molecule has 0 N–H and O–H groups in total. The van der Waals surface area contributed by atoms with Gasteiger partial charge in [-0.25, -0.2) is 4.79 Å². The second-order valence-electron chi connectivity index (χ2n) is 9.81. The van der Waals surface area contributed by atoms with Gasteiger partial charge in [0.15, 0.2) is 5.76 Å². The summed E-state index contributed by atoms with van der Waals surface area (Å²) < 4.78 is 13.8. The molecule has 4 aromatic carbocycles. The van der Waals surface area contributed by atoms with Crippen molar-refractivity contribution in [1.82, 2.24) is 9.47 Å². The monoisotopic (exact) mass is 617 g/mol. The molecule has 9 heteroatoms. The first-order valence-corrected chi connectivity index (χ1v) is 14.1. The number of fused-ring (bicyclic) bond motifs is 3. The molecule has 0 spiro atoms. The largest absolute Gasteiger partial charge is 0.465 e. The molecule has 2 heterocycles. The number of hydrogen-bond donors (Lipinski definition) is 0. The maximum Gasteiger partial charge on any atom is 0.340 e. The van der Waals surface area contributed by atoms with Crippen molar-refractivity contribution < 1.29 is 19.1 Å². The molecule has 0 radical (unpaired) electrons. The number of rotatable bonds is 6. The topological polar surface area (TPSA) is 73.1 Å². The van der Waals surface area contributed by atoms with Crippen LogP contribution in [0.3, 0.4) is 0 Å². The Morgan fingerprint density at radius 1 is 1.02 bits per heavy atom. The number of carbonyl (C=O) groups excluding carboxylic acids is 2. The summed E-state index contributed by atoms with van der Waals surface area (Å²) in [6.07, 6.45) is 3.30. The van der Waals surface area contributed by atoms with E-state index < -0.39 is 5.97 Å². The van der Waals surface area contributed by atoms with E-state index in [0.29, 0.717) is 10.2 Å². The fraction of sp³-hybridized carbons (Fsp3) is 0.0606. The molecule has 0 saturated carbocycles. The molecule has 1 aliphatic rings. The Labute approximate surface area is 251 Å². The molecule has 1 aromatic heterocycles. The van der Waals surface area contributed by atoms with Gasteiger partial charge < -0.3 is 14.0 Å². The van der Waals surface area contributed by atoms with Crippen LogP contribution < -0.4 is 5.46 Å². The third-order valence-corrected chi connectivity index (χ3v) is 7.63. The number of hydrogen-bond acceptors (Lipinski definition) is 5. The van der Waals surface area contributed by atoms with Crippen molar-refractivity contribution in [2.75, 3.05) is 13.7 Å². The second-order valence-corrected chi connectivity index (χ2v) is 10.7. The quantitative estimate of drug-likeness (QED) is 0.107. The van der Waals surface area contributed by atoms with Gasteiger partial charge in [-0.05, 0) is 57.9 Å². The average molecular weight is 618 g/mol. The number of halogens is 1. The van der Waals surface area contributed by atoms with Crippen molar-refractivity contribution in [3.63, 3.8) is 0 Å². The zero-order chi connectivity index (χ0) is 29.4. The van der Waals surface area contributed by atoms with Gasteiger partial charge in [-0.2, -0.15) is 4.99 Å². The molecule has 1 amide bonds. The van der Waals surface area contributed by atoms with Crippen LogP contribution in [0.25, 0.3) is 33.6 Å².